The molecule has 0 aliphatic carbocycles. The standard InChI is InChI=1S/C14H20ClNS/c1-10-5-6-11(12(15)8-10)9-13(16)14-4-2-3-7-17-14/h5-6,8,13-14H,2-4,7,9,16H2,1H3. The molecule has 2 N–H and O–H groups in total. The smallest absolute Gasteiger partial charge is 0.0441 e. The van der Waals surface area contributed by atoms with Gasteiger partial charge in [-0.2, -0.15) is 11.8 Å². The van der Waals surface area contributed by atoms with Crippen LogP contribution in [0.5, 0.6) is 0 Å². The van der Waals surface area contributed by atoms with Gasteiger partial charge in [0.1, 0.15) is 0 Å². The van der Waals surface area contributed by atoms with Gasteiger partial charge < -0.3 is 5.73 Å². The van der Waals surface area contributed by atoms with Gasteiger partial charge >= 0.3 is 0 Å². The summed E-state index contributed by atoms with van der Waals surface area (Å²) < 4.78 is 0. The summed E-state index contributed by atoms with van der Waals surface area (Å²) in [5, 5.41) is 1.47. The van der Waals surface area contributed by atoms with Gasteiger partial charge in [-0.3, -0.25) is 0 Å². The van der Waals surface area contributed by atoms with Crippen LogP contribution in [0.4, 0.5) is 0 Å². The van der Waals surface area contributed by atoms with Crippen LogP contribution in [-0.2, 0) is 6.42 Å². The molecule has 1 nitrogen and oxygen atoms in total. The Morgan fingerprint density at radius 2 is 2.29 bits per heavy atom. The van der Waals surface area contributed by atoms with Gasteiger partial charge in [0.25, 0.3) is 0 Å². The number of aryl methyl sites for hydroxylation is 1. The molecule has 0 aromatic heterocycles. The minimum Gasteiger partial charge on any atom is -0.326 e. The fourth-order valence-corrected chi connectivity index (χ4v) is 3.97. The molecule has 0 saturated carbocycles. The number of hydrogen-bond acceptors (Lipinski definition) is 2. The minimum atomic E-state index is 0.237. The molecule has 1 fully saturated rings. The lowest BCUT2D eigenvalue weighted by Gasteiger charge is -2.27. The molecule has 0 radical (unpaired) electrons. The zero-order valence-electron chi connectivity index (χ0n) is 10.3. The van der Waals surface area contributed by atoms with E-state index < -0.39 is 0 Å². The number of halogens is 1. The lowest BCUT2D eigenvalue weighted by atomic mass is 9.99. The van der Waals surface area contributed by atoms with Crippen LogP contribution < -0.4 is 5.73 Å². The third kappa shape index (κ3) is 3.64. The highest BCUT2D eigenvalue weighted by Crippen LogP contribution is 2.29. The van der Waals surface area contributed by atoms with Crippen LogP contribution in [0, 0.1) is 6.92 Å². The summed E-state index contributed by atoms with van der Waals surface area (Å²) in [6, 6.07) is 6.49. The molecule has 94 valence electrons. The predicted octanol–water partition coefficient (Wildman–Crippen LogP) is 3.80. The van der Waals surface area contributed by atoms with Crippen LogP contribution in [0.2, 0.25) is 5.02 Å². The van der Waals surface area contributed by atoms with E-state index >= 15 is 0 Å². The van der Waals surface area contributed by atoms with E-state index in [0.29, 0.717) is 5.25 Å². The quantitative estimate of drug-likeness (QED) is 0.903. The summed E-state index contributed by atoms with van der Waals surface area (Å²) in [6.45, 7) is 2.06. The van der Waals surface area contributed by atoms with Crippen LogP contribution in [0.15, 0.2) is 18.2 Å². The van der Waals surface area contributed by atoms with Crippen molar-refractivity contribution in [2.45, 2.75) is 43.9 Å². The van der Waals surface area contributed by atoms with E-state index in [0.717, 1.165) is 11.4 Å². The topological polar surface area (TPSA) is 26.0 Å². The van der Waals surface area contributed by atoms with E-state index in [1.54, 1.807) is 0 Å². The fourth-order valence-electron chi connectivity index (χ4n) is 2.31. The van der Waals surface area contributed by atoms with Gasteiger partial charge in [0.05, 0.1) is 0 Å². The molecular weight excluding hydrogens is 250 g/mol. The molecule has 1 aliphatic heterocycles. The van der Waals surface area contributed by atoms with Crippen LogP contribution in [0.3, 0.4) is 0 Å². The van der Waals surface area contributed by atoms with Crippen molar-refractivity contribution in [2.24, 2.45) is 5.73 Å². The third-order valence-corrected chi connectivity index (χ3v) is 5.25. The maximum atomic E-state index is 6.31. The zero-order chi connectivity index (χ0) is 12.3. The lowest BCUT2D eigenvalue weighted by Crippen LogP contribution is -2.36. The first-order valence-electron chi connectivity index (χ1n) is 6.29. The van der Waals surface area contributed by atoms with Crippen molar-refractivity contribution in [1.82, 2.24) is 0 Å². The molecule has 0 amide bonds. The highest BCUT2D eigenvalue weighted by molar-refractivity contribution is 8.00. The Morgan fingerprint density at radius 3 is 2.94 bits per heavy atom. The normalized spacial score (nSPS) is 22.4. The first kappa shape index (κ1) is 13.3. The molecule has 1 saturated heterocycles. The Morgan fingerprint density at radius 1 is 1.47 bits per heavy atom. The number of nitrogens with two attached hydrogens (primary N) is 1. The van der Waals surface area contributed by atoms with Crippen LogP contribution >= 0.6 is 23.4 Å². The molecule has 17 heavy (non-hydrogen) atoms. The van der Waals surface area contributed by atoms with E-state index in [4.69, 9.17) is 17.3 Å². The van der Waals surface area contributed by atoms with Gasteiger partial charge in [0.2, 0.25) is 0 Å². The summed E-state index contributed by atoms with van der Waals surface area (Å²) in [5.41, 5.74) is 8.71. The second kappa shape index (κ2) is 6.12. The second-order valence-electron chi connectivity index (χ2n) is 4.87. The number of hydrogen-bond donors (Lipinski definition) is 1. The molecular formula is C14H20ClNS. The maximum Gasteiger partial charge on any atom is 0.0441 e. The zero-order valence-corrected chi connectivity index (χ0v) is 11.9. The van der Waals surface area contributed by atoms with E-state index in [1.165, 1.54) is 36.1 Å². The second-order valence-corrected chi connectivity index (χ2v) is 6.62. The van der Waals surface area contributed by atoms with Gasteiger partial charge in [-0.1, -0.05) is 30.2 Å². The molecule has 1 aromatic carbocycles. The summed E-state index contributed by atoms with van der Waals surface area (Å²) in [6.07, 6.45) is 4.83. The van der Waals surface area contributed by atoms with Crippen molar-refractivity contribution in [3.8, 4) is 0 Å². The third-order valence-electron chi connectivity index (χ3n) is 3.36. The molecule has 1 aliphatic rings. The first-order valence-corrected chi connectivity index (χ1v) is 7.71. The van der Waals surface area contributed by atoms with Crippen molar-refractivity contribution < 1.29 is 0 Å². The highest BCUT2D eigenvalue weighted by atomic mass is 35.5. The van der Waals surface area contributed by atoms with Crippen molar-refractivity contribution in [3.63, 3.8) is 0 Å². The van der Waals surface area contributed by atoms with E-state index in [-0.39, 0.29) is 6.04 Å². The number of thioether (sulfide) groups is 1. The van der Waals surface area contributed by atoms with Crippen molar-refractivity contribution in [1.29, 1.82) is 0 Å². The van der Waals surface area contributed by atoms with E-state index in [1.807, 2.05) is 17.8 Å². The largest absolute Gasteiger partial charge is 0.326 e. The summed E-state index contributed by atoms with van der Waals surface area (Å²) in [5.74, 6) is 1.26. The summed E-state index contributed by atoms with van der Waals surface area (Å²) >= 11 is 8.28. The molecule has 1 aromatic rings. The van der Waals surface area contributed by atoms with Crippen LogP contribution in [0.1, 0.15) is 30.4 Å². The van der Waals surface area contributed by atoms with Crippen molar-refractivity contribution >= 4 is 23.4 Å². The van der Waals surface area contributed by atoms with Crippen molar-refractivity contribution in [3.05, 3.63) is 34.3 Å². The summed E-state index contributed by atoms with van der Waals surface area (Å²) in [7, 11) is 0. The molecule has 0 bridgehead atoms. The van der Waals surface area contributed by atoms with Gasteiger partial charge in [0, 0.05) is 16.3 Å². The Kier molecular flexibility index (Phi) is 4.78. The molecule has 2 unspecified atom stereocenters. The van der Waals surface area contributed by atoms with Gasteiger partial charge in [0.15, 0.2) is 0 Å². The highest BCUT2D eigenvalue weighted by Gasteiger charge is 2.21. The van der Waals surface area contributed by atoms with Gasteiger partial charge in [-0.15, -0.1) is 0 Å². The minimum absolute atomic E-state index is 0.237. The molecule has 0 spiro atoms. The number of rotatable bonds is 3. The molecule has 2 rings (SSSR count). The lowest BCUT2D eigenvalue weighted by molar-refractivity contribution is 0.559. The maximum absolute atomic E-state index is 6.31. The van der Waals surface area contributed by atoms with E-state index in [2.05, 4.69) is 19.1 Å². The van der Waals surface area contributed by atoms with Crippen LogP contribution in [0.25, 0.3) is 0 Å². The number of benzene rings is 1. The van der Waals surface area contributed by atoms with Crippen molar-refractivity contribution in [2.75, 3.05) is 5.75 Å². The predicted molar refractivity (Wildman–Crippen MR) is 78.0 cm³/mol. The SMILES string of the molecule is Cc1ccc(CC(N)C2CCCCS2)c(Cl)c1. The monoisotopic (exact) mass is 269 g/mol. The molecule has 1 heterocycles. The van der Waals surface area contributed by atoms with E-state index in [9.17, 15) is 0 Å². The Labute approximate surface area is 113 Å². The van der Waals surface area contributed by atoms with Crippen LogP contribution in [-0.4, -0.2) is 17.0 Å². The fraction of sp³-hybridized carbons (Fsp3) is 0.571. The Hall–Kier alpha value is -0.180. The molecule has 3 heteroatoms. The Balaban J connectivity index is 1.99. The average molecular weight is 270 g/mol. The molecule has 2 atom stereocenters. The average Bonchev–Trinajstić information content (AvgIpc) is 2.34. The Bertz CT molecular complexity index is 374. The van der Waals surface area contributed by atoms with Gasteiger partial charge in [-0.05, 0) is 49.1 Å². The first-order chi connectivity index (χ1) is 8.16. The van der Waals surface area contributed by atoms with Gasteiger partial charge in [-0.25, -0.2) is 0 Å². The summed E-state index contributed by atoms with van der Waals surface area (Å²) in [4.78, 5) is 0.